The summed E-state index contributed by atoms with van der Waals surface area (Å²) in [5.41, 5.74) is -0.693. The number of benzene rings is 1. The summed E-state index contributed by atoms with van der Waals surface area (Å²) in [4.78, 5) is 30.8. The molecule has 1 aromatic carbocycles. The van der Waals surface area contributed by atoms with Gasteiger partial charge in [-0.15, -0.1) is 0 Å². The summed E-state index contributed by atoms with van der Waals surface area (Å²) in [6, 6.07) is 5.30. The van der Waals surface area contributed by atoms with Crippen molar-refractivity contribution in [2.24, 2.45) is 15.9 Å². The number of likely N-dealkylation sites (tertiary alicyclic amines) is 1. The molecule has 34 heavy (non-hydrogen) atoms. The quantitative estimate of drug-likeness (QED) is 0.413. The van der Waals surface area contributed by atoms with Crippen LogP contribution >= 0.6 is 0 Å². The van der Waals surface area contributed by atoms with Gasteiger partial charge in [0.25, 0.3) is 5.91 Å². The number of amides is 1. The first-order valence-electron chi connectivity index (χ1n) is 10.6. The van der Waals surface area contributed by atoms with E-state index >= 15 is 0 Å². The predicted octanol–water partition coefficient (Wildman–Crippen LogP) is 4.00. The number of alkyl halides is 3. The second-order valence-electron chi connectivity index (χ2n) is 8.27. The zero-order valence-corrected chi connectivity index (χ0v) is 18.3. The number of carbonyl (C=O) groups is 1. The Morgan fingerprint density at radius 3 is 2.62 bits per heavy atom. The zero-order valence-electron chi connectivity index (χ0n) is 18.3. The van der Waals surface area contributed by atoms with Crippen molar-refractivity contribution >= 4 is 18.6 Å². The number of piperidine rings is 1. The molecule has 11 heteroatoms. The van der Waals surface area contributed by atoms with Crippen molar-refractivity contribution in [3.05, 3.63) is 59.8 Å². The zero-order chi connectivity index (χ0) is 24.5. The molecule has 1 N–H and O–H groups in total. The fraction of sp³-hybridized carbons (Fsp3) is 0.348. The highest BCUT2D eigenvalue weighted by Crippen LogP contribution is 2.39. The Bertz CT molecular complexity index is 1150. The van der Waals surface area contributed by atoms with Crippen LogP contribution in [0.2, 0.25) is 0 Å². The smallest absolute Gasteiger partial charge is 0.349 e. The lowest BCUT2D eigenvalue weighted by molar-refractivity contribution is -0.0914. The number of aromatic nitrogens is 2. The maximum atomic E-state index is 14.7. The summed E-state index contributed by atoms with van der Waals surface area (Å²) >= 11 is 0. The van der Waals surface area contributed by atoms with E-state index in [-0.39, 0.29) is 46.8 Å². The van der Waals surface area contributed by atoms with Crippen molar-refractivity contribution in [3.8, 4) is 11.4 Å². The molecule has 1 saturated heterocycles. The summed E-state index contributed by atoms with van der Waals surface area (Å²) in [5.74, 6) is -0.722. The molecular weight excluding hydrogens is 452 g/mol. The first-order valence-corrected chi connectivity index (χ1v) is 10.6. The molecule has 3 unspecified atom stereocenters. The second kappa shape index (κ2) is 9.32. The minimum atomic E-state index is -4.49. The number of carbonyl (C=O) groups excluding carboxylic acids is 1. The molecule has 2 fully saturated rings. The molecule has 7 nitrogen and oxygen atoms in total. The van der Waals surface area contributed by atoms with Gasteiger partial charge in [-0.3, -0.25) is 4.79 Å². The second-order valence-corrected chi connectivity index (χ2v) is 8.27. The molecule has 2 aromatic rings. The van der Waals surface area contributed by atoms with Crippen LogP contribution in [-0.2, 0) is 0 Å². The van der Waals surface area contributed by atoms with E-state index in [1.165, 1.54) is 30.6 Å². The third-order valence-electron chi connectivity index (χ3n) is 6.07. The van der Waals surface area contributed by atoms with E-state index in [0.717, 1.165) is 6.92 Å². The van der Waals surface area contributed by atoms with Crippen molar-refractivity contribution < 1.29 is 22.4 Å². The van der Waals surface area contributed by atoms with E-state index in [4.69, 9.17) is 0 Å². The van der Waals surface area contributed by atoms with Gasteiger partial charge < -0.3 is 10.2 Å². The lowest BCUT2D eigenvalue weighted by Gasteiger charge is -2.34. The number of nitrogens with one attached hydrogen (secondary N) is 1. The van der Waals surface area contributed by atoms with E-state index in [0.29, 0.717) is 25.6 Å². The summed E-state index contributed by atoms with van der Waals surface area (Å²) in [7, 11) is 0. The van der Waals surface area contributed by atoms with Gasteiger partial charge in [-0.2, -0.15) is 13.2 Å². The van der Waals surface area contributed by atoms with Crippen LogP contribution < -0.4 is 5.32 Å². The third-order valence-corrected chi connectivity index (χ3v) is 6.07. The number of aliphatic imine (C=N–C) groups is 2. The molecule has 2 bridgehead atoms. The fourth-order valence-corrected chi connectivity index (χ4v) is 4.45. The monoisotopic (exact) mass is 474 g/mol. The standard InChI is InChI=1S/C23H22F4N6O/c1-13(23(25,26)27)11-31-22(28-2)32-17-9-14-10-18(17)33(12-14)21(34)15-5-3-6-16(24)19(15)20-29-7-4-8-30-20/h3-8,11,14,17-18H,2,9-10,12H2,1H3,(H,31,32)/b13-11+. The Morgan fingerprint density at radius 2 is 1.97 bits per heavy atom. The molecule has 1 aliphatic heterocycles. The third kappa shape index (κ3) is 4.68. The van der Waals surface area contributed by atoms with Crippen LogP contribution in [0.15, 0.2) is 58.4 Å². The van der Waals surface area contributed by atoms with Crippen LogP contribution in [0.5, 0.6) is 0 Å². The lowest BCUT2D eigenvalue weighted by Crippen LogP contribution is -2.51. The van der Waals surface area contributed by atoms with Gasteiger partial charge in [-0.05, 0) is 50.6 Å². The number of fused-ring (bicyclic) bond motifs is 2. The molecule has 3 atom stereocenters. The SMILES string of the molecule is C=N/C(=N\C=C(/C)C(F)(F)F)NC1CC2CC1N(C(=O)c1cccc(F)c1-c1ncccn1)C2. The van der Waals surface area contributed by atoms with Crippen LogP contribution in [0.3, 0.4) is 0 Å². The van der Waals surface area contributed by atoms with E-state index in [1.807, 2.05) is 0 Å². The molecule has 178 valence electrons. The molecule has 1 saturated carbocycles. The molecule has 2 aliphatic rings. The molecule has 4 rings (SSSR count). The van der Waals surface area contributed by atoms with E-state index < -0.39 is 17.6 Å². The van der Waals surface area contributed by atoms with E-state index in [2.05, 4.69) is 32.0 Å². The number of nitrogens with zero attached hydrogens (tertiary/aromatic N) is 5. The van der Waals surface area contributed by atoms with Crippen molar-refractivity contribution in [2.45, 2.75) is 38.0 Å². The van der Waals surface area contributed by atoms with Crippen molar-refractivity contribution in [1.82, 2.24) is 20.2 Å². The molecule has 1 amide bonds. The molecule has 0 spiro atoms. The number of hydrogen-bond acceptors (Lipinski definition) is 4. The average molecular weight is 474 g/mol. The van der Waals surface area contributed by atoms with Gasteiger partial charge in [0.1, 0.15) is 5.82 Å². The molecule has 1 aliphatic carbocycles. The van der Waals surface area contributed by atoms with Crippen LogP contribution in [-0.4, -0.2) is 58.3 Å². The number of hydrogen-bond donors (Lipinski definition) is 1. The summed E-state index contributed by atoms with van der Waals surface area (Å²) < 4.78 is 52.9. The lowest BCUT2D eigenvalue weighted by atomic mass is 10.0. The first-order chi connectivity index (χ1) is 16.2. The molecule has 0 radical (unpaired) electrons. The Morgan fingerprint density at radius 1 is 1.24 bits per heavy atom. The van der Waals surface area contributed by atoms with E-state index in [9.17, 15) is 22.4 Å². The summed E-state index contributed by atoms with van der Waals surface area (Å²) in [6.07, 6.45) is 0.543. The molecular formula is C23H22F4N6O. The van der Waals surface area contributed by atoms with Gasteiger partial charge >= 0.3 is 6.18 Å². The van der Waals surface area contributed by atoms with Gasteiger partial charge in [0.2, 0.25) is 5.96 Å². The fourth-order valence-electron chi connectivity index (χ4n) is 4.45. The summed E-state index contributed by atoms with van der Waals surface area (Å²) in [5, 5.41) is 3.01. The molecule has 1 aromatic heterocycles. The first kappa shape index (κ1) is 23.5. The minimum Gasteiger partial charge on any atom is -0.349 e. The average Bonchev–Trinajstić information content (AvgIpc) is 3.41. The number of allylic oxidation sites excluding steroid dienone is 1. The Balaban J connectivity index is 1.57. The molecule has 2 heterocycles. The summed E-state index contributed by atoms with van der Waals surface area (Å²) in [6.45, 7) is 4.78. The highest BCUT2D eigenvalue weighted by atomic mass is 19.4. The van der Waals surface area contributed by atoms with Gasteiger partial charge in [0.05, 0.1) is 17.2 Å². The van der Waals surface area contributed by atoms with E-state index in [1.54, 1.807) is 11.0 Å². The van der Waals surface area contributed by atoms with Gasteiger partial charge in [0, 0.05) is 36.8 Å². The highest BCUT2D eigenvalue weighted by Gasteiger charge is 2.47. The van der Waals surface area contributed by atoms with Crippen molar-refractivity contribution in [1.29, 1.82) is 0 Å². The van der Waals surface area contributed by atoms with Gasteiger partial charge in [0.15, 0.2) is 5.82 Å². The Hall–Kier alpha value is -3.63. The maximum Gasteiger partial charge on any atom is 0.413 e. The Kier molecular flexibility index (Phi) is 6.45. The van der Waals surface area contributed by atoms with Gasteiger partial charge in [-0.1, -0.05) is 6.07 Å². The van der Waals surface area contributed by atoms with Crippen LogP contribution in [0.4, 0.5) is 17.6 Å². The topological polar surface area (TPSA) is 82.8 Å². The highest BCUT2D eigenvalue weighted by molar-refractivity contribution is 6.00. The van der Waals surface area contributed by atoms with Crippen molar-refractivity contribution in [2.75, 3.05) is 6.54 Å². The van der Waals surface area contributed by atoms with Gasteiger partial charge in [-0.25, -0.2) is 24.3 Å². The van der Waals surface area contributed by atoms with Crippen LogP contribution in [0.25, 0.3) is 11.4 Å². The van der Waals surface area contributed by atoms with Crippen LogP contribution in [0.1, 0.15) is 30.1 Å². The maximum absolute atomic E-state index is 14.7. The van der Waals surface area contributed by atoms with Crippen LogP contribution in [0, 0.1) is 11.7 Å². The number of guanidine groups is 1. The minimum absolute atomic E-state index is 0.0307. The number of rotatable bonds is 4. The number of halogens is 4. The van der Waals surface area contributed by atoms with Crippen molar-refractivity contribution in [3.63, 3.8) is 0 Å². The normalized spacial score (nSPS) is 22.7. The predicted molar refractivity (Wildman–Crippen MR) is 119 cm³/mol. The Labute approximate surface area is 193 Å². The largest absolute Gasteiger partial charge is 0.413 e.